The number of fused-ring (bicyclic) bond motifs is 2. The first kappa shape index (κ1) is 20.2. The van der Waals surface area contributed by atoms with E-state index in [0.29, 0.717) is 20.1 Å². The van der Waals surface area contributed by atoms with Gasteiger partial charge in [0.1, 0.15) is 0 Å². The molecule has 0 saturated heterocycles. The van der Waals surface area contributed by atoms with E-state index in [1.807, 2.05) is 0 Å². The van der Waals surface area contributed by atoms with Crippen LogP contribution in [0.25, 0.3) is 12.2 Å². The average Bonchev–Trinajstić information content (AvgIpc) is 3.37. The van der Waals surface area contributed by atoms with Gasteiger partial charge in [0, 0.05) is 11.8 Å². The van der Waals surface area contributed by atoms with Gasteiger partial charge in [-0.2, -0.15) is 0 Å². The maximum Gasteiger partial charge on any atom is 0.0796 e. The molecule has 5 rings (SSSR count). The van der Waals surface area contributed by atoms with Crippen molar-refractivity contribution in [2.75, 3.05) is 0 Å². The van der Waals surface area contributed by atoms with Gasteiger partial charge in [0.05, 0.1) is 20.1 Å². The molecule has 30 heavy (non-hydrogen) atoms. The Bertz CT molecular complexity index is 1110. The molecule has 0 radical (unpaired) electrons. The summed E-state index contributed by atoms with van der Waals surface area (Å²) in [6.45, 7) is 0. The molecule has 0 heterocycles. The normalized spacial score (nSPS) is 18.7. The van der Waals surface area contributed by atoms with Crippen LogP contribution in [-0.2, 0) is 12.8 Å². The van der Waals surface area contributed by atoms with Gasteiger partial charge in [-0.1, -0.05) is 119 Å². The zero-order chi connectivity index (χ0) is 20.8. The third kappa shape index (κ3) is 3.41. The Morgan fingerprint density at radius 1 is 0.533 bits per heavy atom. The van der Waals surface area contributed by atoms with Crippen molar-refractivity contribution >= 4 is 58.6 Å². The maximum absolute atomic E-state index is 6.75. The first-order valence-electron chi connectivity index (χ1n) is 9.92. The average molecular weight is 472 g/mol. The Balaban J connectivity index is 1.56. The van der Waals surface area contributed by atoms with Crippen LogP contribution in [0.5, 0.6) is 0 Å². The van der Waals surface area contributed by atoms with Gasteiger partial charge in [-0.25, -0.2) is 0 Å². The predicted octanol–water partition coefficient (Wildman–Crippen LogP) is 9.01. The fraction of sp³-hybridized carbons (Fsp3) is 0.154. The molecular formula is C26H18Cl4. The van der Waals surface area contributed by atoms with E-state index in [9.17, 15) is 0 Å². The number of rotatable bonds is 4. The van der Waals surface area contributed by atoms with Crippen LogP contribution >= 0.6 is 46.4 Å². The van der Waals surface area contributed by atoms with Crippen LogP contribution in [0, 0.1) is 0 Å². The summed E-state index contributed by atoms with van der Waals surface area (Å²) in [6.07, 6.45) is 10.3. The van der Waals surface area contributed by atoms with Crippen molar-refractivity contribution in [1.82, 2.24) is 0 Å². The zero-order valence-corrected chi connectivity index (χ0v) is 19.0. The van der Waals surface area contributed by atoms with Crippen molar-refractivity contribution < 1.29 is 0 Å². The lowest BCUT2D eigenvalue weighted by Crippen LogP contribution is -2.08. The Morgan fingerprint density at radius 2 is 0.933 bits per heavy atom. The van der Waals surface area contributed by atoms with E-state index in [1.54, 1.807) is 0 Å². The molecular weight excluding hydrogens is 454 g/mol. The summed E-state index contributed by atoms with van der Waals surface area (Å²) >= 11 is 26.4. The second-order valence-corrected chi connectivity index (χ2v) is 9.32. The SMILES string of the molecule is Clc1c(Cl)c(Cl)c(CC2C=Cc3ccccc32)c(CC2C=Cc3ccccc32)c1Cl. The zero-order valence-electron chi connectivity index (χ0n) is 16.0. The van der Waals surface area contributed by atoms with Crippen LogP contribution in [0.2, 0.25) is 20.1 Å². The molecule has 3 aromatic rings. The smallest absolute Gasteiger partial charge is 0.0796 e. The van der Waals surface area contributed by atoms with Crippen molar-refractivity contribution in [3.8, 4) is 0 Å². The van der Waals surface area contributed by atoms with Gasteiger partial charge in [0.15, 0.2) is 0 Å². The lowest BCUT2D eigenvalue weighted by atomic mass is 9.86. The van der Waals surface area contributed by atoms with E-state index in [0.717, 1.165) is 24.0 Å². The lowest BCUT2D eigenvalue weighted by Gasteiger charge is -2.22. The fourth-order valence-electron chi connectivity index (χ4n) is 4.59. The minimum absolute atomic E-state index is 0.233. The highest BCUT2D eigenvalue weighted by molar-refractivity contribution is 6.52. The lowest BCUT2D eigenvalue weighted by molar-refractivity contribution is 0.799. The van der Waals surface area contributed by atoms with Crippen molar-refractivity contribution in [1.29, 1.82) is 0 Å². The molecule has 0 bridgehead atoms. The Morgan fingerprint density at radius 3 is 1.37 bits per heavy atom. The van der Waals surface area contributed by atoms with Crippen molar-refractivity contribution in [3.63, 3.8) is 0 Å². The van der Waals surface area contributed by atoms with Crippen molar-refractivity contribution in [3.05, 3.63) is 114 Å². The number of hydrogen-bond donors (Lipinski definition) is 0. The van der Waals surface area contributed by atoms with Crippen LogP contribution in [0.1, 0.15) is 45.2 Å². The summed E-state index contributed by atoms with van der Waals surface area (Å²) in [7, 11) is 0. The number of hydrogen-bond acceptors (Lipinski definition) is 0. The minimum Gasteiger partial charge on any atom is -0.0823 e. The molecule has 0 nitrogen and oxygen atoms in total. The molecule has 150 valence electrons. The standard InChI is InChI=1S/C26H18Cl4/c27-23-21(13-17-11-9-15-5-1-3-7-19(15)17)22(24(28)26(30)25(23)29)14-18-12-10-16-6-2-4-8-20(16)18/h1-12,17-18H,13-14H2. The molecule has 0 saturated carbocycles. The van der Waals surface area contributed by atoms with Crippen molar-refractivity contribution in [2.24, 2.45) is 0 Å². The predicted molar refractivity (Wildman–Crippen MR) is 130 cm³/mol. The van der Waals surface area contributed by atoms with Gasteiger partial charge < -0.3 is 0 Å². The van der Waals surface area contributed by atoms with Crippen LogP contribution in [0.15, 0.2) is 60.7 Å². The second kappa shape index (κ2) is 8.09. The first-order chi connectivity index (χ1) is 14.5. The van der Waals surface area contributed by atoms with Gasteiger partial charge in [-0.05, 0) is 46.2 Å². The number of halogens is 4. The largest absolute Gasteiger partial charge is 0.0823 e. The van der Waals surface area contributed by atoms with E-state index in [4.69, 9.17) is 46.4 Å². The van der Waals surface area contributed by atoms with Gasteiger partial charge in [-0.15, -0.1) is 0 Å². The number of allylic oxidation sites excluding steroid dienone is 2. The van der Waals surface area contributed by atoms with Crippen LogP contribution in [0.4, 0.5) is 0 Å². The minimum atomic E-state index is 0.233. The topological polar surface area (TPSA) is 0 Å². The molecule has 0 aromatic heterocycles. The van der Waals surface area contributed by atoms with Crippen LogP contribution in [0.3, 0.4) is 0 Å². The van der Waals surface area contributed by atoms with Crippen LogP contribution in [-0.4, -0.2) is 0 Å². The summed E-state index contributed by atoms with van der Waals surface area (Å²) in [4.78, 5) is 0. The summed E-state index contributed by atoms with van der Waals surface area (Å²) in [6, 6.07) is 16.9. The van der Waals surface area contributed by atoms with Crippen LogP contribution < -0.4 is 0 Å². The molecule has 4 heteroatoms. The van der Waals surface area contributed by atoms with Crippen molar-refractivity contribution in [2.45, 2.75) is 24.7 Å². The molecule has 0 aliphatic heterocycles. The van der Waals surface area contributed by atoms with E-state index in [2.05, 4.69) is 72.8 Å². The van der Waals surface area contributed by atoms with Gasteiger partial charge in [0.25, 0.3) is 0 Å². The highest BCUT2D eigenvalue weighted by atomic mass is 35.5. The maximum atomic E-state index is 6.75. The highest BCUT2D eigenvalue weighted by Gasteiger charge is 2.27. The monoisotopic (exact) mass is 470 g/mol. The van der Waals surface area contributed by atoms with Gasteiger partial charge >= 0.3 is 0 Å². The summed E-state index contributed by atoms with van der Waals surface area (Å²) in [5, 5.41) is 1.68. The fourth-order valence-corrected chi connectivity index (χ4v) is 5.68. The molecule has 0 amide bonds. The Hall–Kier alpha value is -1.70. The molecule has 2 aliphatic carbocycles. The van der Waals surface area contributed by atoms with E-state index in [1.165, 1.54) is 22.3 Å². The highest BCUT2D eigenvalue weighted by Crippen LogP contribution is 2.46. The summed E-state index contributed by atoms with van der Waals surface area (Å²) < 4.78 is 0. The van der Waals surface area contributed by atoms with Gasteiger partial charge in [0.2, 0.25) is 0 Å². The Kier molecular flexibility index (Phi) is 5.45. The molecule has 0 fully saturated rings. The Labute approximate surface area is 196 Å². The van der Waals surface area contributed by atoms with E-state index in [-0.39, 0.29) is 11.8 Å². The molecule has 2 atom stereocenters. The summed E-state index contributed by atoms with van der Waals surface area (Å²) in [5.41, 5.74) is 7.07. The first-order valence-corrected chi connectivity index (χ1v) is 11.4. The van der Waals surface area contributed by atoms with E-state index < -0.39 is 0 Å². The van der Waals surface area contributed by atoms with Gasteiger partial charge in [-0.3, -0.25) is 0 Å². The van der Waals surface area contributed by atoms with E-state index >= 15 is 0 Å². The summed E-state index contributed by atoms with van der Waals surface area (Å²) in [5.74, 6) is 0.467. The molecule has 0 spiro atoms. The number of benzene rings is 3. The molecule has 0 N–H and O–H groups in total. The molecule has 2 unspecified atom stereocenters. The quantitative estimate of drug-likeness (QED) is 0.263. The third-order valence-corrected chi connectivity index (χ3v) is 8.01. The molecule has 3 aromatic carbocycles. The molecule has 2 aliphatic rings. The second-order valence-electron chi connectivity index (χ2n) is 7.81. The third-order valence-electron chi connectivity index (χ3n) is 6.13.